The smallest absolute Gasteiger partial charge is 0.160 e. The van der Waals surface area contributed by atoms with Gasteiger partial charge >= 0.3 is 0 Å². The van der Waals surface area contributed by atoms with Crippen LogP contribution < -0.4 is 0 Å². The van der Waals surface area contributed by atoms with Gasteiger partial charge in [0, 0.05) is 0 Å². The number of allylic oxidation sites excluding steroid dienone is 1. The predicted octanol–water partition coefficient (Wildman–Crippen LogP) is 1.95. The highest BCUT2D eigenvalue weighted by molar-refractivity contribution is 5.54. The lowest BCUT2D eigenvalue weighted by atomic mass is 9.66. The van der Waals surface area contributed by atoms with E-state index in [4.69, 9.17) is 4.74 Å². The first-order valence-corrected chi connectivity index (χ1v) is 4.52. The van der Waals surface area contributed by atoms with Crippen molar-refractivity contribution in [2.45, 2.75) is 18.6 Å². The predicted molar refractivity (Wildman–Crippen MR) is 55.5 cm³/mol. The molecule has 1 saturated carbocycles. The lowest BCUT2D eigenvalue weighted by molar-refractivity contribution is -0.0809. The van der Waals surface area contributed by atoms with E-state index >= 15 is 0 Å². The normalized spacial score (nSPS) is 41.6. The first kappa shape index (κ1) is 9.28. The zero-order valence-electron chi connectivity index (χ0n) is 8.34. The van der Waals surface area contributed by atoms with Crippen LogP contribution in [-0.2, 0) is 4.74 Å². The van der Waals surface area contributed by atoms with Gasteiger partial charge < -0.3 is 9.84 Å². The van der Waals surface area contributed by atoms with Crippen LogP contribution in [0.1, 0.15) is 6.92 Å². The number of hydrogen-bond donors (Lipinski definition) is 1. The number of fused-ring (bicyclic) bond motifs is 3. The zero-order chi connectivity index (χ0) is 10.7. The summed E-state index contributed by atoms with van der Waals surface area (Å²) < 4.78 is 5.57. The van der Waals surface area contributed by atoms with Crippen LogP contribution in [-0.4, -0.2) is 16.8 Å². The fraction of sp³-hybridized carbons (Fsp3) is 0.333. The van der Waals surface area contributed by atoms with Crippen LogP contribution in [0.3, 0.4) is 0 Å². The second-order valence-electron chi connectivity index (χ2n) is 4.09. The molecule has 3 atom stereocenters. The Balaban J connectivity index is 2.60. The number of ether oxygens (including phenoxy) is 1. The van der Waals surface area contributed by atoms with Crippen molar-refractivity contribution in [1.82, 2.24) is 0 Å². The monoisotopic (exact) mass is 190 g/mol. The average molecular weight is 190 g/mol. The van der Waals surface area contributed by atoms with E-state index in [0.29, 0.717) is 11.3 Å². The first-order chi connectivity index (χ1) is 6.39. The van der Waals surface area contributed by atoms with E-state index in [1.807, 2.05) is 0 Å². The lowest BCUT2D eigenvalue weighted by Crippen LogP contribution is -2.55. The minimum Gasteiger partial charge on any atom is -0.484 e. The van der Waals surface area contributed by atoms with E-state index in [1.165, 1.54) is 0 Å². The van der Waals surface area contributed by atoms with Crippen molar-refractivity contribution in [3.8, 4) is 0 Å². The topological polar surface area (TPSA) is 29.5 Å². The molecule has 3 fully saturated rings. The van der Waals surface area contributed by atoms with Crippen LogP contribution in [0, 0.1) is 5.92 Å². The molecule has 0 aromatic rings. The largest absolute Gasteiger partial charge is 0.484 e. The molecule has 1 N–H and O–H groups in total. The molecule has 0 spiro atoms. The van der Waals surface area contributed by atoms with Gasteiger partial charge in [-0.25, -0.2) is 0 Å². The van der Waals surface area contributed by atoms with E-state index in [9.17, 15) is 5.11 Å². The third-order valence-electron chi connectivity index (χ3n) is 3.24. The van der Waals surface area contributed by atoms with Crippen molar-refractivity contribution in [3.05, 3.63) is 48.8 Å². The van der Waals surface area contributed by atoms with Crippen molar-refractivity contribution < 1.29 is 9.84 Å². The summed E-state index contributed by atoms with van der Waals surface area (Å²) in [7, 11) is 0. The molecule has 0 aromatic heterocycles. The van der Waals surface area contributed by atoms with E-state index in [0.717, 1.165) is 11.1 Å². The first-order valence-electron chi connectivity index (χ1n) is 4.52. The third-order valence-corrected chi connectivity index (χ3v) is 3.24. The summed E-state index contributed by atoms with van der Waals surface area (Å²) in [4.78, 5) is 0. The molecule has 2 bridgehead atoms. The van der Waals surface area contributed by atoms with Gasteiger partial charge in [0.25, 0.3) is 0 Å². The molecule has 2 nitrogen and oxygen atoms in total. The molecular formula is C12H14O2. The van der Waals surface area contributed by atoms with Crippen molar-refractivity contribution in [3.63, 3.8) is 0 Å². The molecule has 1 aliphatic carbocycles. The third kappa shape index (κ3) is 0.794. The van der Waals surface area contributed by atoms with Gasteiger partial charge in [0.05, 0.1) is 5.92 Å². The summed E-state index contributed by atoms with van der Waals surface area (Å²) in [5.74, 6) is 0.444. The Morgan fingerprint density at radius 1 is 1.29 bits per heavy atom. The lowest BCUT2D eigenvalue weighted by Gasteiger charge is -2.52. The molecule has 0 aromatic carbocycles. The van der Waals surface area contributed by atoms with E-state index in [2.05, 4.69) is 26.3 Å². The molecule has 3 unspecified atom stereocenters. The Morgan fingerprint density at radius 2 is 1.86 bits per heavy atom. The molecule has 2 aliphatic heterocycles. The Hall–Kier alpha value is -1.28. The molecule has 74 valence electrons. The van der Waals surface area contributed by atoms with E-state index in [-0.39, 0.29) is 5.92 Å². The average Bonchev–Trinajstić information content (AvgIpc) is 2.10. The van der Waals surface area contributed by atoms with Crippen LogP contribution >= 0.6 is 0 Å². The van der Waals surface area contributed by atoms with Gasteiger partial charge in [-0.1, -0.05) is 26.3 Å². The molecule has 2 heteroatoms. The van der Waals surface area contributed by atoms with E-state index in [1.54, 1.807) is 6.92 Å². The van der Waals surface area contributed by atoms with Crippen molar-refractivity contribution in [2.75, 3.05) is 0 Å². The minimum atomic E-state index is -0.819. The quantitative estimate of drug-likeness (QED) is 0.591. The Kier molecular flexibility index (Phi) is 1.59. The molecule has 14 heavy (non-hydrogen) atoms. The number of hydrogen-bond acceptors (Lipinski definition) is 2. The molecule has 2 heterocycles. The Labute approximate surface area is 83.9 Å². The van der Waals surface area contributed by atoms with Crippen LogP contribution in [0.25, 0.3) is 0 Å². The van der Waals surface area contributed by atoms with E-state index < -0.39 is 11.7 Å². The Morgan fingerprint density at radius 3 is 2.43 bits per heavy atom. The zero-order valence-corrected chi connectivity index (χ0v) is 8.34. The van der Waals surface area contributed by atoms with Crippen molar-refractivity contribution >= 4 is 0 Å². The van der Waals surface area contributed by atoms with Gasteiger partial charge in [0.15, 0.2) is 5.60 Å². The summed E-state index contributed by atoms with van der Waals surface area (Å²) in [5, 5.41) is 9.97. The van der Waals surface area contributed by atoms with Crippen molar-refractivity contribution in [1.29, 1.82) is 0 Å². The van der Waals surface area contributed by atoms with Crippen LogP contribution in [0.15, 0.2) is 48.8 Å². The van der Waals surface area contributed by atoms with Crippen LogP contribution in [0.2, 0.25) is 0 Å². The highest BCUT2D eigenvalue weighted by atomic mass is 16.5. The van der Waals surface area contributed by atoms with Crippen LogP contribution in [0.4, 0.5) is 0 Å². The van der Waals surface area contributed by atoms with Gasteiger partial charge in [-0.3, -0.25) is 0 Å². The second kappa shape index (κ2) is 2.39. The van der Waals surface area contributed by atoms with Gasteiger partial charge in [0.2, 0.25) is 0 Å². The summed E-state index contributed by atoms with van der Waals surface area (Å²) in [6, 6.07) is 0. The fourth-order valence-electron chi connectivity index (χ4n) is 2.24. The van der Waals surface area contributed by atoms with Gasteiger partial charge in [0.1, 0.15) is 11.9 Å². The molecule has 2 saturated heterocycles. The number of aliphatic hydroxyl groups excluding tert-OH is 1. The molecule has 3 aliphatic rings. The van der Waals surface area contributed by atoms with Gasteiger partial charge in [-0.15, -0.1) is 0 Å². The standard InChI is InChI=1S/C12H14O2/c1-6-8(3)12(5)11(13)7(2)10(6)9(4)14-12/h10-11,13H,1-4H2,5H3. The molecular weight excluding hydrogens is 176 g/mol. The minimum absolute atomic E-state index is 0.167. The van der Waals surface area contributed by atoms with Crippen LogP contribution in [0.5, 0.6) is 0 Å². The van der Waals surface area contributed by atoms with Gasteiger partial charge in [-0.05, 0) is 23.6 Å². The summed E-state index contributed by atoms with van der Waals surface area (Å²) in [6.45, 7) is 17.3. The highest BCUT2D eigenvalue weighted by Gasteiger charge is 2.54. The fourth-order valence-corrected chi connectivity index (χ4v) is 2.24. The van der Waals surface area contributed by atoms with Gasteiger partial charge in [-0.2, -0.15) is 0 Å². The number of aliphatic hydroxyl groups is 1. The molecule has 0 amide bonds. The highest BCUT2D eigenvalue weighted by Crippen LogP contribution is 2.52. The molecule has 3 rings (SSSR count). The SMILES string of the molecule is C=C1OC2(C)C(=C)C(=C)C1C(=C)C2O. The maximum Gasteiger partial charge on any atom is 0.160 e. The summed E-state index contributed by atoms with van der Waals surface area (Å²) in [5.41, 5.74) is 1.50. The summed E-state index contributed by atoms with van der Waals surface area (Å²) >= 11 is 0. The maximum atomic E-state index is 9.97. The number of rotatable bonds is 0. The maximum absolute atomic E-state index is 9.97. The molecule has 0 radical (unpaired) electrons. The second-order valence-corrected chi connectivity index (χ2v) is 4.09. The summed E-state index contributed by atoms with van der Waals surface area (Å²) in [6.07, 6.45) is -0.712. The Bertz CT molecular complexity index is 378. The van der Waals surface area contributed by atoms with Crippen molar-refractivity contribution in [2.24, 2.45) is 5.92 Å².